The minimum atomic E-state index is -1.35. The van der Waals surface area contributed by atoms with E-state index in [0.29, 0.717) is 11.0 Å². The Labute approximate surface area is 119 Å². The number of hydrogen-bond acceptors (Lipinski definition) is 6. The Bertz CT molecular complexity index is 658. The summed E-state index contributed by atoms with van der Waals surface area (Å²) in [5.74, 6) is -2.96. The number of para-hydroxylation sites is 2. The summed E-state index contributed by atoms with van der Waals surface area (Å²) in [6, 6.07) is 6.97. The van der Waals surface area contributed by atoms with E-state index in [0.717, 1.165) is 0 Å². The van der Waals surface area contributed by atoms with Gasteiger partial charge in [0.2, 0.25) is 0 Å². The normalized spacial score (nSPS) is 10.6. The number of hydrogen-bond donors (Lipinski definition) is 0. The van der Waals surface area contributed by atoms with Crippen molar-refractivity contribution in [2.45, 2.75) is 5.92 Å². The highest BCUT2D eigenvalue weighted by Crippen LogP contribution is 2.26. The molecule has 0 unspecified atom stereocenters. The summed E-state index contributed by atoms with van der Waals surface area (Å²) >= 11 is 6.01. The summed E-state index contributed by atoms with van der Waals surface area (Å²) in [6.07, 6.45) is 0. The third kappa shape index (κ3) is 2.55. The molecule has 0 saturated heterocycles. The molecule has 0 amide bonds. The molecule has 6 nitrogen and oxygen atoms in total. The maximum atomic E-state index is 11.8. The molecule has 0 radical (unpaired) electrons. The fourth-order valence-corrected chi connectivity index (χ4v) is 1.97. The van der Waals surface area contributed by atoms with Crippen LogP contribution in [0.25, 0.3) is 11.0 Å². The van der Waals surface area contributed by atoms with E-state index in [4.69, 9.17) is 11.6 Å². The molecule has 0 aliphatic rings. The summed E-state index contributed by atoms with van der Waals surface area (Å²) in [6.45, 7) is 0. The summed E-state index contributed by atoms with van der Waals surface area (Å²) < 4.78 is 9.18. The molecule has 0 bridgehead atoms. The largest absolute Gasteiger partial charge is 0.468 e. The van der Waals surface area contributed by atoms with Crippen LogP contribution in [0.4, 0.5) is 0 Å². The Morgan fingerprint density at radius 2 is 1.55 bits per heavy atom. The van der Waals surface area contributed by atoms with E-state index in [1.807, 2.05) is 0 Å². The van der Waals surface area contributed by atoms with Gasteiger partial charge >= 0.3 is 11.9 Å². The zero-order valence-electron chi connectivity index (χ0n) is 10.8. The third-order valence-corrected chi connectivity index (χ3v) is 2.98. The number of halogens is 1. The van der Waals surface area contributed by atoms with Crippen molar-refractivity contribution in [2.75, 3.05) is 14.2 Å². The Balaban J connectivity index is 2.60. The number of nitrogens with zero attached hydrogens (tertiary/aromatic N) is 2. The summed E-state index contributed by atoms with van der Waals surface area (Å²) in [5, 5.41) is -0.0375. The standard InChI is InChI=1S/C13H11ClN2O4/c1-19-12(17)9(13(18)20-2)10-11(14)16-8-6-4-3-5-7(8)15-10/h3-6,9H,1-2H3. The molecular formula is C13H11ClN2O4. The Hall–Kier alpha value is -2.21. The molecule has 0 spiro atoms. The average Bonchev–Trinajstić information content (AvgIpc) is 2.47. The van der Waals surface area contributed by atoms with Crippen molar-refractivity contribution in [3.05, 3.63) is 35.1 Å². The molecule has 0 atom stereocenters. The van der Waals surface area contributed by atoms with Gasteiger partial charge in [0.15, 0.2) is 11.1 Å². The van der Waals surface area contributed by atoms with Gasteiger partial charge in [-0.1, -0.05) is 23.7 Å². The van der Waals surface area contributed by atoms with Crippen LogP contribution in [0.3, 0.4) is 0 Å². The second-order valence-electron chi connectivity index (χ2n) is 3.87. The molecule has 1 heterocycles. The first-order chi connectivity index (χ1) is 9.58. The lowest BCUT2D eigenvalue weighted by molar-refractivity contribution is -0.154. The van der Waals surface area contributed by atoms with Crippen LogP contribution in [0.15, 0.2) is 24.3 Å². The molecule has 0 aliphatic heterocycles. The number of carbonyl (C=O) groups excluding carboxylic acids is 2. The van der Waals surface area contributed by atoms with Gasteiger partial charge in [-0.3, -0.25) is 9.59 Å². The van der Waals surface area contributed by atoms with Crippen LogP contribution in [-0.2, 0) is 19.1 Å². The first-order valence-corrected chi connectivity index (χ1v) is 6.04. The monoisotopic (exact) mass is 294 g/mol. The maximum Gasteiger partial charge on any atom is 0.326 e. The van der Waals surface area contributed by atoms with E-state index in [2.05, 4.69) is 19.4 Å². The highest BCUT2D eigenvalue weighted by atomic mass is 35.5. The molecule has 0 saturated carbocycles. The topological polar surface area (TPSA) is 78.4 Å². The minimum Gasteiger partial charge on any atom is -0.468 e. The smallest absolute Gasteiger partial charge is 0.326 e. The number of ether oxygens (including phenoxy) is 2. The number of carbonyl (C=O) groups is 2. The van der Waals surface area contributed by atoms with Crippen molar-refractivity contribution >= 4 is 34.6 Å². The van der Waals surface area contributed by atoms with E-state index in [-0.39, 0.29) is 10.8 Å². The lowest BCUT2D eigenvalue weighted by Crippen LogP contribution is -2.26. The lowest BCUT2D eigenvalue weighted by atomic mass is 10.1. The molecule has 0 N–H and O–H groups in total. The molecule has 0 fully saturated rings. The lowest BCUT2D eigenvalue weighted by Gasteiger charge is -2.13. The van der Waals surface area contributed by atoms with Gasteiger partial charge < -0.3 is 9.47 Å². The number of esters is 2. The van der Waals surface area contributed by atoms with Gasteiger partial charge in [-0.25, -0.2) is 9.97 Å². The average molecular weight is 295 g/mol. The van der Waals surface area contributed by atoms with Crippen molar-refractivity contribution < 1.29 is 19.1 Å². The molecule has 2 aromatic rings. The molecule has 2 rings (SSSR count). The van der Waals surface area contributed by atoms with Crippen molar-refractivity contribution in [1.29, 1.82) is 0 Å². The predicted molar refractivity (Wildman–Crippen MR) is 71.3 cm³/mol. The van der Waals surface area contributed by atoms with Crippen molar-refractivity contribution in [3.63, 3.8) is 0 Å². The van der Waals surface area contributed by atoms with E-state index in [1.54, 1.807) is 24.3 Å². The fourth-order valence-electron chi connectivity index (χ4n) is 1.73. The molecular weight excluding hydrogens is 284 g/mol. The van der Waals surface area contributed by atoms with Gasteiger partial charge in [0.05, 0.1) is 25.3 Å². The van der Waals surface area contributed by atoms with E-state index in [1.165, 1.54) is 14.2 Å². The van der Waals surface area contributed by atoms with Crippen molar-refractivity contribution in [2.24, 2.45) is 0 Å². The van der Waals surface area contributed by atoms with E-state index in [9.17, 15) is 9.59 Å². The van der Waals surface area contributed by atoms with Crippen LogP contribution in [-0.4, -0.2) is 36.1 Å². The highest BCUT2D eigenvalue weighted by Gasteiger charge is 2.34. The number of rotatable bonds is 3. The molecule has 7 heteroatoms. The SMILES string of the molecule is COC(=O)C(C(=O)OC)c1nc2ccccc2nc1Cl. The first-order valence-electron chi connectivity index (χ1n) is 5.66. The zero-order chi connectivity index (χ0) is 14.7. The summed E-state index contributed by atoms with van der Waals surface area (Å²) in [4.78, 5) is 31.8. The number of fused-ring (bicyclic) bond motifs is 1. The maximum absolute atomic E-state index is 11.8. The molecule has 1 aromatic heterocycles. The highest BCUT2D eigenvalue weighted by molar-refractivity contribution is 6.31. The number of methoxy groups -OCH3 is 2. The van der Waals surface area contributed by atoms with Crippen LogP contribution in [0, 0.1) is 0 Å². The van der Waals surface area contributed by atoms with Gasteiger partial charge in [-0.05, 0) is 12.1 Å². The molecule has 0 aliphatic carbocycles. The van der Waals surface area contributed by atoms with Crippen LogP contribution in [0.5, 0.6) is 0 Å². The third-order valence-electron chi connectivity index (χ3n) is 2.70. The number of benzene rings is 1. The Morgan fingerprint density at radius 3 is 2.05 bits per heavy atom. The summed E-state index contributed by atoms with van der Waals surface area (Å²) in [7, 11) is 2.33. The summed E-state index contributed by atoms with van der Waals surface area (Å²) in [5.41, 5.74) is 1.10. The van der Waals surface area contributed by atoms with Crippen molar-refractivity contribution in [3.8, 4) is 0 Å². The van der Waals surface area contributed by atoms with E-state index >= 15 is 0 Å². The van der Waals surface area contributed by atoms with Gasteiger partial charge in [-0.15, -0.1) is 0 Å². The van der Waals surface area contributed by atoms with Gasteiger partial charge in [0.1, 0.15) is 5.69 Å². The Morgan fingerprint density at radius 1 is 1.05 bits per heavy atom. The van der Waals surface area contributed by atoms with Crippen LogP contribution in [0.1, 0.15) is 11.6 Å². The van der Waals surface area contributed by atoms with Crippen LogP contribution < -0.4 is 0 Å². The van der Waals surface area contributed by atoms with Gasteiger partial charge in [0.25, 0.3) is 0 Å². The zero-order valence-corrected chi connectivity index (χ0v) is 11.5. The van der Waals surface area contributed by atoms with Gasteiger partial charge in [0, 0.05) is 0 Å². The molecule has 104 valence electrons. The minimum absolute atomic E-state index is 0.0177. The van der Waals surface area contributed by atoms with E-state index < -0.39 is 17.9 Å². The Kier molecular flexibility index (Phi) is 4.14. The predicted octanol–water partition coefficient (Wildman–Crippen LogP) is 1.71. The molecule has 20 heavy (non-hydrogen) atoms. The number of aromatic nitrogens is 2. The molecule has 1 aromatic carbocycles. The second-order valence-corrected chi connectivity index (χ2v) is 4.23. The van der Waals surface area contributed by atoms with Crippen molar-refractivity contribution in [1.82, 2.24) is 9.97 Å². The van der Waals surface area contributed by atoms with Gasteiger partial charge in [-0.2, -0.15) is 0 Å². The second kappa shape index (κ2) is 5.83. The quantitative estimate of drug-likeness (QED) is 0.633. The van der Waals surface area contributed by atoms with Crippen LogP contribution >= 0.6 is 11.6 Å². The first kappa shape index (κ1) is 14.2. The van der Waals surface area contributed by atoms with Crippen LogP contribution in [0.2, 0.25) is 5.15 Å². The fraction of sp³-hybridized carbons (Fsp3) is 0.231.